The molecule has 0 atom stereocenters. The number of rotatable bonds is 3. The van der Waals surface area contributed by atoms with Gasteiger partial charge in [-0.1, -0.05) is 23.7 Å². The van der Waals surface area contributed by atoms with E-state index in [1.165, 1.54) is 12.1 Å². The summed E-state index contributed by atoms with van der Waals surface area (Å²) < 4.78 is 5.22. The van der Waals surface area contributed by atoms with Crippen molar-refractivity contribution in [2.45, 2.75) is 18.9 Å². The highest BCUT2D eigenvalue weighted by Crippen LogP contribution is 2.30. The van der Waals surface area contributed by atoms with Gasteiger partial charge in [-0.05, 0) is 19.9 Å². The normalized spacial score (nSPS) is 11.1. The van der Waals surface area contributed by atoms with Gasteiger partial charge in [0.1, 0.15) is 0 Å². The van der Waals surface area contributed by atoms with E-state index in [2.05, 4.69) is 0 Å². The Hall–Kier alpha value is -1.29. The van der Waals surface area contributed by atoms with Crippen LogP contribution in [0.1, 0.15) is 13.8 Å². The quantitative estimate of drug-likeness (QED) is 0.443. The van der Waals surface area contributed by atoms with E-state index in [-0.39, 0.29) is 11.4 Å². The Morgan fingerprint density at radius 3 is 2.50 bits per heavy atom. The topological polar surface area (TPSA) is 52.4 Å². The van der Waals surface area contributed by atoms with Crippen molar-refractivity contribution in [2.24, 2.45) is 0 Å². The number of hydrogen-bond acceptors (Lipinski definition) is 3. The molecule has 4 nitrogen and oxygen atoms in total. The summed E-state index contributed by atoms with van der Waals surface area (Å²) in [4.78, 5) is 10.1. The summed E-state index contributed by atoms with van der Waals surface area (Å²) >= 11 is 5.80. The summed E-state index contributed by atoms with van der Waals surface area (Å²) in [6.45, 7) is 3.23. The van der Waals surface area contributed by atoms with Gasteiger partial charge < -0.3 is 4.74 Å². The summed E-state index contributed by atoms with van der Waals surface area (Å²) in [5, 5.41) is 9.64. The third-order valence-electron chi connectivity index (χ3n) is 1.41. The zero-order chi connectivity index (χ0) is 10.8. The average Bonchev–Trinajstić information content (AvgIpc) is 2.01. The van der Waals surface area contributed by atoms with Crippen molar-refractivity contribution in [3.63, 3.8) is 0 Å². The zero-order valence-corrected chi connectivity index (χ0v) is 8.62. The standard InChI is InChI=1S/C9H10ClNO3/c1-9(2,10)14-8-6-4-3-5-7(8)11(12)13/h3-6H,1-2H3. The number of nitro benzene ring substituents is 1. The molecule has 0 saturated heterocycles. The summed E-state index contributed by atoms with van der Waals surface area (Å²) in [6.07, 6.45) is 0. The summed E-state index contributed by atoms with van der Waals surface area (Å²) in [5.74, 6) is 0.178. The predicted molar refractivity (Wildman–Crippen MR) is 53.7 cm³/mol. The van der Waals surface area contributed by atoms with Gasteiger partial charge in [0.05, 0.1) is 4.92 Å². The minimum absolute atomic E-state index is 0.0822. The molecule has 0 amide bonds. The molecule has 1 aromatic carbocycles. The first-order valence-electron chi connectivity index (χ1n) is 4.01. The third-order valence-corrected chi connectivity index (χ3v) is 1.49. The highest BCUT2D eigenvalue weighted by Gasteiger charge is 2.21. The van der Waals surface area contributed by atoms with Crippen LogP contribution in [0.5, 0.6) is 5.75 Å². The molecule has 76 valence electrons. The molecule has 0 aliphatic rings. The lowest BCUT2D eigenvalue weighted by Gasteiger charge is -2.18. The van der Waals surface area contributed by atoms with Gasteiger partial charge >= 0.3 is 5.69 Å². The molecular formula is C9H10ClNO3. The Morgan fingerprint density at radius 2 is 2.00 bits per heavy atom. The fourth-order valence-electron chi connectivity index (χ4n) is 0.956. The minimum Gasteiger partial charge on any atom is -0.465 e. The van der Waals surface area contributed by atoms with E-state index in [0.717, 1.165) is 0 Å². The Bertz CT molecular complexity index is 346. The largest absolute Gasteiger partial charge is 0.465 e. The van der Waals surface area contributed by atoms with Crippen molar-refractivity contribution in [3.05, 3.63) is 34.4 Å². The zero-order valence-electron chi connectivity index (χ0n) is 7.86. The number of halogens is 1. The Balaban J connectivity index is 3.02. The fourth-order valence-corrected chi connectivity index (χ4v) is 1.04. The van der Waals surface area contributed by atoms with Crippen LogP contribution < -0.4 is 4.74 Å². The average molecular weight is 216 g/mol. The van der Waals surface area contributed by atoms with Crippen LogP contribution in [-0.2, 0) is 0 Å². The molecule has 0 fully saturated rings. The van der Waals surface area contributed by atoms with Crippen LogP contribution in [0.3, 0.4) is 0 Å². The van der Waals surface area contributed by atoms with E-state index in [9.17, 15) is 10.1 Å². The van der Waals surface area contributed by atoms with Crippen LogP contribution in [0, 0.1) is 10.1 Å². The molecule has 0 saturated carbocycles. The number of nitro groups is 1. The summed E-state index contributed by atoms with van der Waals surface area (Å²) in [5.41, 5.74) is -0.0822. The molecule has 0 aromatic heterocycles. The molecule has 1 rings (SSSR count). The molecule has 0 N–H and O–H groups in total. The second-order valence-corrected chi connectivity index (χ2v) is 4.10. The van der Waals surface area contributed by atoms with Gasteiger partial charge in [-0.2, -0.15) is 0 Å². The van der Waals surface area contributed by atoms with Gasteiger partial charge in [-0.3, -0.25) is 10.1 Å². The molecule has 0 unspecified atom stereocenters. The molecule has 5 heteroatoms. The fraction of sp³-hybridized carbons (Fsp3) is 0.333. The summed E-state index contributed by atoms with van der Waals surface area (Å²) in [6, 6.07) is 6.12. The first kappa shape index (κ1) is 10.8. The van der Waals surface area contributed by atoms with Crippen LogP contribution in [0.25, 0.3) is 0 Å². The number of alkyl halides is 1. The summed E-state index contributed by atoms with van der Waals surface area (Å²) in [7, 11) is 0. The van der Waals surface area contributed by atoms with Gasteiger partial charge in [0.15, 0.2) is 10.8 Å². The van der Waals surface area contributed by atoms with Crippen LogP contribution in [0.2, 0.25) is 0 Å². The van der Waals surface area contributed by atoms with Crippen LogP contribution in [0.4, 0.5) is 5.69 Å². The Labute approximate surface area is 86.6 Å². The van der Waals surface area contributed by atoms with Crippen LogP contribution in [0.15, 0.2) is 24.3 Å². The second kappa shape index (κ2) is 3.84. The number of hydrogen-bond donors (Lipinski definition) is 0. The smallest absolute Gasteiger partial charge is 0.311 e. The van der Waals surface area contributed by atoms with Crippen molar-refractivity contribution >= 4 is 17.3 Å². The highest BCUT2D eigenvalue weighted by atomic mass is 35.5. The van der Waals surface area contributed by atoms with Gasteiger partial charge in [0, 0.05) is 6.07 Å². The van der Waals surface area contributed by atoms with E-state index in [1.807, 2.05) is 0 Å². The maximum absolute atomic E-state index is 10.6. The number of benzene rings is 1. The molecule has 14 heavy (non-hydrogen) atoms. The Morgan fingerprint density at radius 1 is 1.43 bits per heavy atom. The van der Waals surface area contributed by atoms with Crippen LogP contribution >= 0.6 is 11.6 Å². The van der Waals surface area contributed by atoms with Crippen molar-refractivity contribution < 1.29 is 9.66 Å². The molecule has 0 spiro atoms. The van der Waals surface area contributed by atoms with Crippen molar-refractivity contribution in [1.82, 2.24) is 0 Å². The van der Waals surface area contributed by atoms with E-state index >= 15 is 0 Å². The van der Waals surface area contributed by atoms with Crippen molar-refractivity contribution in [2.75, 3.05) is 0 Å². The SMILES string of the molecule is CC(C)(Cl)Oc1ccccc1[N+](=O)[O-]. The van der Waals surface area contributed by atoms with E-state index in [1.54, 1.807) is 26.0 Å². The maximum atomic E-state index is 10.6. The molecule has 0 aliphatic carbocycles. The molecule has 0 heterocycles. The lowest BCUT2D eigenvalue weighted by atomic mass is 10.3. The van der Waals surface area contributed by atoms with E-state index in [4.69, 9.17) is 16.3 Å². The second-order valence-electron chi connectivity index (χ2n) is 3.19. The first-order valence-corrected chi connectivity index (χ1v) is 4.39. The minimum atomic E-state index is -0.952. The lowest BCUT2D eigenvalue weighted by Crippen LogP contribution is -2.20. The van der Waals surface area contributed by atoms with Gasteiger partial charge in [0.25, 0.3) is 0 Å². The molecule has 0 aliphatic heterocycles. The van der Waals surface area contributed by atoms with E-state index in [0.29, 0.717) is 0 Å². The predicted octanol–water partition coefficient (Wildman–Crippen LogP) is 2.95. The molecule has 1 aromatic rings. The number of nitrogens with zero attached hydrogens (tertiary/aromatic N) is 1. The Kier molecular flexibility index (Phi) is 2.96. The molecule has 0 radical (unpaired) electrons. The van der Waals surface area contributed by atoms with Crippen molar-refractivity contribution in [1.29, 1.82) is 0 Å². The number of para-hydroxylation sites is 2. The number of ether oxygens (including phenoxy) is 1. The third kappa shape index (κ3) is 2.88. The van der Waals surface area contributed by atoms with Gasteiger partial charge in [-0.25, -0.2) is 0 Å². The molecule has 0 bridgehead atoms. The monoisotopic (exact) mass is 215 g/mol. The van der Waals surface area contributed by atoms with Crippen LogP contribution in [-0.4, -0.2) is 9.98 Å². The van der Waals surface area contributed by atoms with E-state index < -0.39 is 9.98 Å². The maximum Gasteiger partial charge on any atom is 0.311 e. The lowest BCUT2D eigenvalue weighted by molar-refractivity contribution is -0.386. The highest BCUT2D eigenvalue weighted by molar-refractivity contribution is 6.22. The first-order chi connectivity index (χ1) is 6.40. The molecular weight excluding hydrogens is 206 g/mol. The van der Waals surface area contributed by atoms with Gasteiger partial charge in [0.2, 0.25) is 0 Å². The van der Waals surface area contributed by atoms with Crippen molar-refractivity contribution in [3.8, 4) is 5.75 Å². The van der Waals surface area contributed by atoms with Gasteiger partial charge in [-0.15, -0.1) is 0 Å².